The smallest absolute Gasteiger partial charge is 0.316 e. The largest absolute Gasteiger partial charge is 0.491 e. The Balaban J connectivity index is 1.72. The normalized spacial score (nSPS) is 12.9. The number of amides is 2. The number of nitrogens with zero attached hydrogens (tertiary/aromatic N) is 3. The number of fused-ring (bicyclic) bond motifs is 1. The maximum atomic E-state index is 15.8. The summed E-state index contributed by atoms with van der Waals surface area (Å²) in [5, 5.41) is 8.05. The van der Waals surface area contributed by atoms with Crippen LogP contribution >= 0.6 is 23.2 Å². The Morgan fingerprint density at radius 3 is 2.63 bits per heavy atom. The van der Waals surface area contributed by atoms with E-state index in [2.05, 4.69) is 10.2 Å². The minimum atomic E-state index is -0.999. The fourth-order valence-electron chi connectivity index (χ4n) is 4.99. The van der Waals surface area contributed by atoms with Crippen molar-refractivity contribution in [2.75, 3.05) is 23.4 Å². The van der Waals surface area contributed by atoms with Crippen LogP contribution in [0, 0.1) is 24.5 Å². The third kappa shape index (κ3) is 5.83. The first kappa shape index (κ1) is 28.7. The van der Waals surface area contributed by atoms with Crippen LogP contribution in [-0.4, -0.2) is 29.0 Å². The van der Waals surface area contributed by atoms with Crippen LogP contribution in [-0.2, 0) is 13.0 Å². The van der Waals surface area contributed by atoms with Gasteiger partial charge in [-0.3, -0.25) is 0 Å². The molecule has 0 spiro atoms. The van der Waals surface area contributed by atoms with Crippen molar-refractivity contribution in [3.05, 3.63) is 87.0 Å². The fraction of sp³-hybridized carbons (Fsp3) is 0.267. The number of aryl methyl sites for hydroxylation is 1. The van der Waals surface area contributed by atoms with Crippen LogP contribution in [0.4, 0.5) is 25.0 Å². The van der Waals surface area contributed by atoms with Gasteiger partial charge >= 0.3 is 6.03 Å². The Labute approximate surface area is 246 Å². The summed E-state index contributed by atoms with van der Waals surface area (Å²) in [6.07, 6.45) is 0.535. The lowest BCUT2D eigenvalue weighted by atomic mass is 9.99. The molecule has 1 aliphatic heterocycles. The highest BCUT2D eigenvalue weighted by molar-refractivity contribution is 6.36. The van der Waals surface area contributed by atoms with Gasteiger partial charge in [-0.25, -0.2) is 18.3 Å². The summed E-state index contributed by atoms with van der Waals surface area (Å²) in [5.41, 5.74) is 8.86. The summed E-state index contributed by atoms with van der Waals surface area (Å²) >= 11 is 12.7. The van der Waals surface area contributed by atoms with E-state index in [0.29, 0.717) is 58.9 Å². The van der Waals surface area contributed by atoms with E-state index >= 15 is 8.78 Å². The summed E-state index contributed by atoms with van der Waals surface area (Å²) < 4.78 is 38.8. The molecular weight excluding hydrogens is 571 g/mol. The van der Waals surface area contributed by atoms with E-state index in [4.69, 9.17) is 38.8 Å². The molecule has 5 rings (SSSR count). The average Bonchev–Trinajstić information content (AvgIpc) is 3.27. The Bertz CT molecular complexity index is 1640. The van der Waals surface area contributed by atoms with Crippen molar-refractivity contribution in [2.24, 2.45) is 11.7 Å². The molecule has 11 heteroatoms. The van der Waals surface area contributed by atoms with Crippen molar-refractivity contribution in [2.45, 2.75) is 33.7 Å². The molecule has 0 bridgehead atoms. The maximum absolute atomic E-state index is 15.8. The van der Waals surface area contributed by atoms with Gasteiger partial charge in [0.1, 0.15) is 23.1 Å². The monoisotopic (exact) mass is 599 g/mol. The highest BCUT2D eigenvalue weighted by Crippen LogP contribution is 2.40. The lowest BCUT2D eigenvalue weighted by molar-refractivity contribution is 0.259. The predicted molar refractivity (Wildman–Crippen MR) is 158 cm³/mol. The number of rotatable bonds is 7. The molecule has 0 saturated heterocycles. The van der Waals surface area contributed by atoms with Gasteiger partial charge in [-0.2, -0.15) is 5.10 Å². The van der Waals surface area contributed by atoms with E-state index in [0.717, 1.165) is 29.1 Å². The number of nitrogens with one attached hydrogen (secondary N) is 1. The van der Waals surface area contributed by atoms with Crippen LogP contribution in [0.5, 0.6) is 5.75 Å². The molecule has 0 aliphatic carbocycles. The average molecular weight is 600 g/mol. The van der Waals surface area contributed by atoms with Crippen molar-refractivity contribution in [1.29, 1.82) is 0 Å². The number of nitrogens with two attached hydrogens (primary N) is 1. The van der Waals surface area contributed by atoms with E-state index in [1.54, 1.807) is 16.8 Å². The van der Waals surface area contributed by atoms with Gasteiger partial charge < -0.3 is 20.7 Å². The van der Waals surface area contributed by atoms with Gasteiger partial charge in [-0.05, 0) is 48.7 Å². The second-order valence-electron chi connectivity index (χ2n) is 10.4. The number of hydrogen-bond donors (Lipinski definition) is 2. The molecule has 1 aliphatic rings. The van der Waals surface area contributed by atoms with Gasteiger partial charge in [-0.15, -0.1) is 0 Å². The van der Waals surface area contributed by atoms with Crippen molar-refractivity contribution >= 4 is 40.6 Å². The molecule has 4 aromatic rings. The van der Waals surface area contributed by atoms with Crippen LogP contribution in [0.2, 0.25) is 10.0 Å². The molecule has 0 unspecified atom stereocenters. The molecule has 0 atom stereocenters. The molecule has 214 valence electrons. The second kappa shape index (κ2) is 11.6. The molecule has 2 amide bonds. The lowest BCUT2D eigenvalue weighted by Crippen LogP contribution is -2.30. The molecule has 3 N–H and O–H groups in total. The number of para-hydroxylation sites is 1. The zero-order valence-corrected chi connectivity index (χ0v) is 24.3. The standard InChI is InChI=1S/C30H29Cl2F2N5O2/c1-16(2)15-41-27-6-4-5-17(3)28(27)39-29(19-12-23(34)25(13-22(19)33)36-30(35)40)20-14-38(10-9-24(20)37-39)26-8-7-18(31)11-21(26)32/h4-8,11-13,16H,9-10,14-15H2,1-3H3,(H3,35,36,40). The third-order valence-electron chi connectivity index (χ3n) is 6.84. The Kier molecular flexibility index (Phi) is 8.11. The van der Waals surface area contributed by atoms with E-state index in [1.807, 2.05) is 45.0 Å². The highest BCUT2D eigenvalue weighted by atomic mass is 35.5. The van der Waals surface area contributed by atoms with Crippen molar-refractivity contribution < 1.29 is 18.3 Å². The molecule has 2 heterocycles. The van der Waals surface area contributed by atoms with Gasteiger partial charge in [0.2, 0.25) is 0 Å². The number of halogens is 4. The van der Waals surface area contributed by atoms with Gasteiger partial charge in [-0.1, -0.05) is 49.2 Å². The first-order valence-corrected chi connectivity index (χ1v) is 13.9. The van der Waals surface area contributed by atoms with Crippen LogP contribution in [0.25, 0.3) is 16.9 Å². The number of carbonyl (C=O) groups is 1. The van der Waals surface area contributed by atoms with Crippen molar-refractivity contribution in [3.63, 3.8) is 0 Å². The Hall–Kier alpha value is -3.82. The highest BCUT2D eigenvalue weighted by Gasteiger charge is 2.30. The number of carbonyl (C=O) groups excluding carboxylic acids is 1. The lowest BCUT2D eigenvalue weighted by Gasteiger charge is -2.30. The number of primary amides is 1. The summed E-state index contributed by atoms with van der Waals surface area (Å²) in [4.78, 5) is 13.4. The molecule has 0 radical (unpaired) electrons. The van der Waals surface area contributed by atoms with Gasteiger partial charge in [0.25, 0.3) is 0 Å². The molecule has 41 heavy (non-hydrogen) atoms. The van der Waals surface area contributed by atoms with Crippen LogP contribution in [0.1, 0.15) is 30.7 Å². The minimum absolute atomic E-state index is 0.0200. The zero-order valence-electron chi connectivity index (χ0n) is 22.8. The van der Waals surface area contributed by atoms with E-state index < -0.39 is 17.7 Å². The number of ether oxygens (including phenoxy) is 1. The van der Waals surface area contributed by atoms with Crippen molar-refractivity contribution in [3.8, 4) is 22.7 Å². The van der Waals surface area contributed by atoms with E-state index in [1.165, 1.54) is 0 Å². The topological polar surface area (TPSA) is 85.4 Å². The first-order chi connectivity index (χ1) is 19.5. The van der Waals surface area contributed by atoms with Gasteiger partial charge in [0.05, 0.1) is 34.4 Å². The van der Waals surface area contributed by atoms with Crippen LogP contribution < -0.4 is 20.7 Å². The van der Waals surface area contributed by atoms with Crippen LogP contribution in [0.3, 0.4) is 0 Å². The number of aromatic nitrogens is 2. The Morgan fingerprint density at radius 1 is 1.15 bits per heavy atom. The maximum Gasteiger partial charge on any atom is 0.316 e. The molecule has 0 fully saturated rings. The molecule has 7 nitrogen and oxygen atoms in total. The molecule has 1 aromatic heterocycles. The Morgan fingerprint density at radius 2 is 1.93 bits per heavy atom. The second-order valence-corrected chi connectivity index (χ2v) is 11.2. The summed E-state index contributed by atoms with van der Waals surface area (Å²) in [6.45, 7) is 7.41. The SMILES string of the molecule is Cc1cccc(OCC(C)C)c1-n1nc2c(c1-c1cc(F)c(NC(N)=O)cc1F)CN(c1ccc(Cl)cc1Cl)CC2. The zero-order chi connectivity index (χ0) is 29.4. The molecule has 3 aromatic carbocycles. The fourth-order valence-corrected chi connectivity index (χ4v) is 5.52. The minimum Gasteiger partial charge on any atom is -0.491 e. The number of anilines is 2. The van der Waals surface area contributed by atoms with Gasteiger partial charge in [0.15, 0.2) is 0 Å². The summed E-state index contributed by atoms with van der Waals surface area (Å²) in [6, 6.07) is 11.9. The van der Waals surface area contributed by atoms with E-state index in [-0.39, 0.29) is 17.2 Å². The van der Waals surface area contributed by atoms with Crippen LogP contribution in [0.15, 0.2) is 48.5 Å². The predicted octanol–water partition coefficient (Wildman–Crippen LogP) is 7.52. The molecule has 0 saturated carbocycles. The number of hydrogen-bond acceptors (Lipinski definition) is 4. The first-order valence-electron chi connectivity index (χ1n) is 13.1. The van der Waals surface area contributed by atoms with E-state index in [9.17, 15) is 4.79 Å². The summed E-state index contributed by atoms with van der Waals surface area (Å²) in [5.74, 6) is -0.747. The van der Waals surface area contributed by atoms with Gasteiger partial charge in [0, 0.05) is 41.7 Å². The number of urea groups is 1. The quantitative estimate of drug-likeness (QED) is 0.230. The third-order valence-corrected chi connectivity index (χ3v) is 7.38. The molecular formula is C30H29Cl2F2N5O2. The van der Waals surface area contributed by atoms with Crippen molar-refractivity contribution in [1.82, 2.24) is 9.78 Å². The number of benzene rings is 3. The summed E-state index contributed by atoms with van der Waals surface area (Å²) in [7, 11) is 0.